The van der Waals surface area contributed by atoms with Crippen LogP contribution in [0.5, 0.6) is 5.75 Å². The summed E-state index contributed by atoms with van der Waals surface area (Å²) in [5.74, 6) is 0.756. The van der Waals surface area contributed by atoms with Crippen molar-refractivity contribution in [1.29, 1.82) is 0 Å². The van der Waals surface area contributed by atoms with Crippen molar-refractivity contribution < 1.29 is 13.2 Å². The lowest BCUT2D eigenvalue weighted by Gasteiger charge is -2.27. The maximum atomic E-state index is 11.7. The second kappa shape index (κ2) is 5.64. The number of imidazole rings is 1. The summed E-state index contributed by atoms with van der Waals surface area (Å²) >= 11 is 0. The van der Waals surface area contributed by atoms with E-state index in [1.165, 1.54) is 0 Å². The van der Waals surface area contributed by atoms with Crippen LogP contribution in [0.1, 0.15) is 35.6 Å². The van der Waals surface area contributed by atoms with Gasteiger partial charge in [-0.2, -0.15) is 0 Å². The molecule has 0 saturated heterocycles. The molecule has 2 aromatic rings. The molecule has 3 rings (SSSR count). The van der Waals surface area contributed by atoms with E-state index in [0.29, 0.717) is 11.4 Å². The van der Waals surface area contributed by atoms with Crippen molar-refractivity contribution in [3.63, 3.8) is 0 Å². The fourth-order valence-corrected chi connectivity index (χ4v) is 3.72. The number of methoxy groups -OCH3 is 1. The maximum Gasteiger partial charge on any atom is 0.229 e. The molecule has 1 aromatic carbocycles. The van der Waals surface area contributed by atoms with Crippen LogP contribution < -0.4 is 9.46 Å². The van der Waals surface area contributed by atoms with E-state index in [-0.39, 0.29) is 5.92 Å². The number of hydrogen-bond donors (Lipinski definition) is 2. The largest absolute Gasteiger partial charge is 0.495 e. The minimum absolute atomic E-state index is 0.206. The highest BCUT2D eigenvalue weighted by Crippen LogP contribution is 2.42. The molecule has 0 aliphatic heterocycles. The van der Waals surface area contributed by atoms with Crippen molar-refractivity contribution in [1.82, 2.24) is 9.97 Å². The van der Waals surface area contributed by atoms with Crippen molar-refractivity contribution in [2.75, 3.05) is 18.1 Å². The van der Waals surface area contributed by atoms with E-state index >= 15 is 0 Å². The standard InChI is InChI=1S/C15H19N3O3S/c1-21-14-7-6-10-11(13-8-16-9-17-13)4-3-5-12(10)15(14)18-22(2,19)20/h6-9,11,18H,3-5H2,1-2H3,(H,16,17). The molecule has 1 unspecified atom stereocenters. The molecule has 7 heteroatoms. The molecule has 1 atom stereocenters. The molecule has 6 nitrogen and oxygen atoms in total. The zero-order valence-electron chi connectivity index (χ0n) is 12.6. The number of nitrogens with one attached hydrogen (secondary N) is 2. The lowest BCUT2D eigenvalue weighted by atomic mass is 9.80. The average molecular weight is 321 g/mol. The van der Waals surface area contributed by atoms with Crippen molar-refractivity contribution in [2.24, 2.45) is 0 Å². The van der Waals surface area contributed by atoms with Crippen LogP contribution >= 0.6 is 0 Å². The highest BCUT2D eigenvalue weighted by molar-refractivity contribution is 7.92. The summed E-state index contributed by atoms with van der Waals surface area (Å²) in [4.78, 5) is 7.26. The van der Waals surface area contributed by atoms with E-state index in [9.17, 15) is 8.42 Å². The number of benzene rings is 1. The van der Waals surface area contributed by atoms with Gasteiger partial charge in [0.05, 0.1) is 25.4 Å². The van der Waals surface area contributed by atoms with Crippen LogP contribution in [-0.2, 0) is 16.4 Å². The molecule has 0 saturated carbocycles. The number of fused-ring (bicyclic) bond motifs is 1. The van der Waals surface area contributed by atoms with Gasteiger partial charge in [-0.25, -0.2) is 13.4 Å². The molecule has 1 aliphatic rings. The number of H-pyrrole nitrogens is 1. The van der Waals surface area contributed by atoms with E-state index in [4.69, 9.17) is 4.74 Å². The molecule has 0 amide bonds. The third kappa shape index (κ3) is 2.81. The fraction of sp³-hybridized carbons (Fsp3) is 0.400. The molecular formula is C15H19N3O3S. The van der Waals surface area contributed by atoms with Crippen molar-refractivity contribution in [3.05, 3.63) is 41.5 Å². The Morgan fingerprint density at radius 3 is 2.86 bits per heavy atom. The first-order valence-electron chi connectivity index (χ1n) is 7.15. The van der Waals surface area contributed by atoms with Gasteiger partial charge in [0, 0.05) is 17.8 Å². The summed E-state index contributed by atoms with van der Waals surface area (Å²) in [5, 5.41) is 0. The summed E-state index contributed by atoms with van der Waals surface area (Å²) in [6, 6.07) is 3.84. The molecule has 22 heavy (non-hydrogen) atoms. The van der Waals surface area contributed by atoms with Crippen LogP contribution in [-0.4, -0.2) is 31.8 Å². The third-order valence-electron chi connectivity index (χ3n) is 4.01. The van der Waals surface area contributed by atoms with E-state index in [1.807, 2.05) is 18.3 Å². The Hall–Kier alpha value is -2.02. The molecular weight excluding hydrogens is 302 g/mol. The molecule has 118 valence electrons. The second-order valence-corrected chi connectivity index (χ2v) is 7.29. The monoisotopic (exact) mass is 321 g/mol. The van der Waals surface area contributed by atoms with Gasteiger partial charge in [0.25, 0.3) is 0 Å². The van der Waals surface area contributed by atoms with Crippen LogP contribution in [0, 0.1) is 0 Å². The number of anilines is 1. The Labute approximate surface area is 130 Å². The van der Waals surface area contributed by atoms with E-state index in [1.54, 1.807) is 13.4 Å². The number of sulfonamides is 1. The van der Waals surface area contributed by atoms with Gasteiger partial charge < -0.3 is 9.72 Å². The van der Waals surface area contributed by atoms with Crippen molar-refractivity contribution >= 4 is 15.7 Å². The summed E-state index contributed by atoms with van der Waals surface area (Å²) in [5.41, 5.74) is 3.75. The number of ether oxygens (including phenoxy) is 1. The van der Waals surface area contributed by atoms with Crippen LogP contribution in [0.4, 0.5) is 5.69 Å². The lowest BCUT2D eigenvalue weighted by molar-refractivity contribution is 0.415. The van der Waals surface area contributed by atoms with Gasteiger partial charge in [-0.15, -0.1) is 0 Å². The van der Waals surface area contributed by atoms with Crippen LogP contribution in [0.15, 0.2) is 24.7 Å². The molecule has 1 aliphatic carbocycles. The maximum absolute atomic E-state index is 11.7. The molecule has 0 bridgehead atoms. The minimum Gasteiger partial charge on any atom is -0.495 e. The summed E-state index contributed by atoms with van der Waals surface area (Å²) in [6.45, 7) is 0. The zero-order chi connectivity index (χ0) is 15.7. The van der Waals surface area contributed by atoms with Crippen molar-refractivity contribution in [2.45, 2.75) is 25.2 Å². The first-order valence-corrected chi connectivity index (χ1v) is 9.04. The Morgan fingerprint density at radius 2 is 2.23 bits per heavy atom. The highest BCUT2D eigenvalue weighted by Gasteiger charge is 2.27. The third-order valence-corrected chi connectivity index (χ3v) is 4.58. The number of rotatable bonds is 4. The van der Waals surface area contributed by atoms with Gasteiger partial charge in [0.1, 0.15) is 5.75 Å². The predicted molar refractivity (Wildman–Crippen MR) is 84.8 cm³/mol. The summed E-state index contributed by atoms with van der Waals surface area (Å²) < 4.78 is 31.3. The van der Waals surface area contributed by atoms with Gasteiger partial charge in [-0.3, -0.25) is 4.72 Å². The zero-order valence-corrected chi connectivity index (χ0v) is 13.4. The number of hydrogen-bond acceptors (Lipinski definition) is 4. The normalized spacial score (nSPS) is 17.8. The van der Waals surface area contributed by atoms with Crippen LogP contribution in [0.2, 0.25) is 0 Å². The highest BCUT2D eigenvalue weighted by atomic mass is 32.2. The lowest BCUT2D eigenvalue weighted by Crippen LogP contribution is -2.17. The molecule has 0 radical (unpaired) electrons. The molecule has 0 spiro atoms. The molecule has 1 heterocycles. The SMILES string of the molecule is COc1ccc2c(c1NS(C)(=O)=O)CCCC2c1cnc[nH]1. The Morgan fingerprint density at radius 1 is 1.41 bits per heavy atom. The van der Waals surface area contributed by atoms with Gasteiger partial charge in [-0.1, -0.05) is 6.07 Å². The predicted octanol–water partition coefficient (Wildman–Crippen LogP) is 2.26. The van der Waals surface area contributed by atoms with Gasteiger partial charge in [-0.05, 0) is 36.5 Å². The molecule has 0 fully saturated rings. The number of aromatic amines is 1. The second-order valence-electron chi connectivity index (χ2n) is 5.54. The van der Waals surface area contributed by atoms with E-state index < -0.39 is 10.0 Å². The number of aromatic nitrogens is 2. The summed E-state index contributed by atoms with van der Waals surface area (Å²) in [7, 11) is -1.82. The molecule has 1 aromatic heterocycles. The fourth-order valence-electron chi connectivity index (χ4n) is 3.12. The Balaban J connectivity index is 2.13. The first-order chi connectivity index (χ1) is 10.5. The van der Waals surface area contributed by atoms with Gasteiger partial charge >= 0.3 is 0 Å². The van der Waals surface area contributed by atoms with Crippen LogP contribution in [0.25, 0.3) is 0 Å². The average Bonchev–Trinajstić information content (AvgIpc) is 2.99. The minimum atomic E-state index is -3.36. The van der Waals surface area contributed by atoms with E-state index in [0.717, 1.165) is 42.3 Å². The quantitative estimate of drug-likeness (QED) is 0.904. The summed E-state index contributed by atoms with van der Waals surface area (Å²) in [6.07, 6.45) is 7.48. The first kappa shape index (κ1) is 14.9. The number of nitrogens with zero attached hydrogens (tertiary/aromatic N) is 1. The van der Waals surface area contributed by atoms with Gasteiger partial charge in [0.15, 0.2) is 0 Å². The molecule has 2 N–H and O–H groups in total. The van der Waals surface area contributed by atoms with Crippen LogP contribution in [0.3, 0.4) is 0 Å². The van der Waals surface area contributed by atoms with Gasteiger partial charge in [0.2, 0.25) is 10.0 Å². The smallest absolute Gasteiger partial charge is 0.229 e. The topological polar surface area (TPSA) is 84.1 Å². The Bertz CT molecular complexity index is 770. The van der Waals surface area contributed by atoms with Crippen molar-refractivity contribution in [3.8, 4) is 5.75 Å². The Kier molecular flexibility index (Phi) is 3.82. The van der Waals surface area contributed by atoms with E-state index in [2.05, 4.69) is 14.7 Å².